The normalized spacial score (nSPS) is 13.3. The van der Waals surface area contributed by atoms with Crippen molar-refractivity contribution in [3.05, 3.63) is 96.1 Å². The molecule has 0 N–H and O–H groups in total. The second kappa shape index (κ2) is 7.71. The maximum atomic E-state index is 13.8. The van der Waals surface area contributed by atoms with Crippen molar-refractivity contribution >= 4 is 18.0 Å². The number of halogens is 3. The Morgan fingerprint density at radius 3 is 1.63 bits per heavy atom. The average molecular weight is 390 g/mol. The van der Waals surface area contributed by atoms with Gasteiger partial charge in [-0.2, -0.15) is 13.2 Å². The van der Waals surface area contributed by atoms with E-state index in [2.05, 4.69) is 0 Å². The average Bonchev–Trinajstić information content (AvgIpc) is 2.67. The van der Waals surface area contributed by atoms with Crippen LogP contribution < -0.4 is 10.6 Å². The van der Waals surface area contributed by atoms with Crippen LogP contribution in [-0.4, -0.2) is 6.18 Å². The van der Waals surface area contributed by atoms with Crippen LogP contribution in [-0.2, 0) is 9.09 Å². The molecule has 0 heterocycles. The van der Waals surface area contributed by atoms with Crippen molar-refractivity contribution in [2.24, 2.45) is 0 Å². The summed E-state index contributed by atoms with van der Waals surface area (Å²) in [6, 6.07) is 21.9. The van der Waals surface area contributed by atoms with Crippen LogP contribution in [0.15, 0.2) is 84.9 Å². The van der Waals surface area contributed by atoms with E-state index < -0.39 is 19.6 Å². The van der Waals surface area contributed by atoms with Gasteiger partial charge in [0.25, 0.3) is 7.37 Å². The molecule has 0 aromatic heterocycles. The first-order valence-corrected chi connectivity index (χ1v) is 9.96. The Kier molecular flexibility index (Phi) is 5.54. The van der Waals surface area contributed by atoms with Crippen LogP contribution in [0.4, 0.5) is 13.2 Å². The Morgan fingerprint density at radius 2 is 1.22 bits per heavy atom. The zero-order chi connectivity index (χ0) is 19.5. The zero-order valence-corrected chi connectivity index (χ0v) is 15.5. The van der Waals surface area contributed by atoms with Crippen molar-refractivity contribution in [3.63, 3.8) is 0 Å². The number of alkyl halides is 3. The SMILES string of the molecule is Cc1ccc(C(OP(=O)(c2ccccc2)c2ccccc2)C(F)(F)F)cc1. The summed E-state index contributed by atoms with van der Waals surface area (Å²) in [6.07, 6.45) is -7.02. The summed E-state index contributed by atoms with van der Waals surface area (Å²) >= 11 is 0. The second-order valence-corrected chi connectivity index (χ2v) is 8.51. The highest BCUT2D eigenvalue weighted by Gasteiger charge is 2.47. The van der Waals surface area contributed by atoms with Gasteiger partial charge in [-0.15, -0.1) is 0 Å². The fourth-order valence-electron chi connectivity index (χ4n) is 2.72. The number of hydrogen-bond acceptors (Lipinski definition) is 2. The van der Waals surface area contributed by atoms with E-state index in [9.17, 15) is 17.7 Å². The number of benzene rings is 3. The molecule has 140 valence electrons. The van der Waals surface area contributed by atoms with E-state index in [1.807, 2.05) is 0 Å². The summed E-state index contributed by atoms with van der Waals surface area (Å²) in [5, 5.41) is 0.440. The molecular formula is C21H18F3O2P. The van der Waals surface area contributed by atoms with Crippen molar-refractivity contribution in [1.82, 2.24) is 0 Å². The topological polar surface area (TPSA) is 26.3 Å². The Morgan fingerprint density at radius 1 is 0.778 bits per heavy atom. The Balaban J connectivity index is 2.12. The van der Waals surface area contributed by atoms with Crippen molar-refractivity contribution in [1.29, 1.82) is 0 Å². The molecule has 0 fully saturated rings. The summed E-state index contributed by atoms with van der Waals surface area (Å²) in [4.78, 5) is 0. The van der Waals surface area contributed by atoms with Gasteiger partial charge in [-0.1, -0.05) is 66.2 Å². The minimum Gasteiger partial charge on any atom is -0.304 e. The molecule has 6 heteroatoms. The van der Waals surface area contributed by atoms with Crippen molar-refractivity contribution < 1.29 is 22.3 Å². The molecule has 0 saturated heterocycles. The van der Waals surface area contributed by atoms with Crippen molar-refractivity contribution in [2.45, 2.75) is 19.2 Å². The van der Waals surface area contributed by atoms with Gasteiger partial charge in [0.15, 0.2) is 6.10 Å². The largest absolute Gasteiger partial charge is 0.419 e. The molecule has 0 spiro atoms. The first-order valence-electron chi connectivity index (χ1n) is 8.34. The standard InChI is InChI=1S/C21H18F3O2P/c1-16-12-14-17(15-13-16)20(21(22,23)24)26-27(25,18-8-4-2-5-9-18)19-10-6-3-7-11-19/h2-15,20H,1H3. The van der Waals surface area contributed by atoms with Gasteiger partial charge in [0, 0.05) is 10.6 Å². The highest BCUT2D eigenvalue weighted by atomic mass is 31.2. The molecule has 0 bridgehead atoms. The van der Waals surface area contributed by atoms with E-state index in [-0.39, 0.29) is 16.2 Å². The molecule has 1 unspecified atom stereocenters. The van der Waals surface area contributed by atoms with Crippen molar-refractivity contribution in [3.8, 4) is 0 Å². The Hall–Kier alpha value is -2.36. The fraction of sp³-hybridized carbons (Fsp3) is 0.143. The van der Waals surface area contributed by atoms with Crippen LogP contribution in [0.2, 0.25) is 0 Å². The molecule has 0 aliphatic heterocycles. The first-order chi connectivity index (χ1) is 12.8. The Labute approximate surface area is 156 Å². The van der Waals surface area contributed by atoms with Crippen LogP contribution in [0.5, 0.6) is 0 Å². The first kappa shape index (κ1) is 19.4. The monoisotopic (exact) mass is 390 g/mol. The van der Waals surface area contributed by atoms with Crippen LogP contribution in [0.1, 0.15) is 17.2 Å². The molecule has 0 aliphatic rings. The maximum absolute atomic E-state index is 13.8. The molecular weight excluding hydrogens is 372 g/mol. The predicted octanol–water partition coefficient (Wildman–Crippen LogP) is 5.54. The van der Waals surface area contributed by atoms with Gasteiger partial charge >= 0.3 is 6.18 Å². The molecule has 0 saturated carbocycles. The number of hydrogen-bond donors (Lipinski definition) is 0. The third kappa shape index (κ3) is 4.32. The zero-order valence-electron chi connectivity index (χ0n) is 14.6. The molecule has 0 amide bonds. The molecule has 3 rings (SSSR count). The van der Waals surface area contributed by atoms with E-state index in [0.717, 1.165) is 5.56 Å². The predicted molar refractivity (Wildman–Crippen MR) is 101 cm³/mol. The smallest absolute Gasteiger partial charge is 0.304 e. The van der Waals surface area contributed by atoms with Crippen LogP contribution in [0, 0.1) is 6.92 Å². The molecule has 0 radical (unpaired) electrons. The molecule has 0 aliphatic carbocycles. The van der Waals surface area contributed by atoms with Crippen LogP contribution in [0.25, 0.3) is 0 Å². The van der Waals surface area contributed by atoms with Gasteiger partial charge in [-0.25, -0.2) is 0 Å². The molecule has 1 atom stereocenters. The number of aryl methyl sites for hydroxylation is 1. The third-order valence-electron chi connectivity index (χ3n) is 4.12. The minimum absolute atomic E-state index is 0.0832. The summed E-state index contributed by atoms with van der Waals surface area (Å²) in [7, 11) is -3.97. The maximum Gasteiger partial charge on any atom is 0.419 e. The lowest BCUT2D eigenvalue weighted by Gasteiger charge is -2.27. The van der Waals surface area contributed by atoms with E-state index in [4.69, 9.17) is 4.52 Å². The van der Waals surface area contributed by atoms with Gasteiger partial charge in [-0.05, 0) is 36.8 Å². The second-order valence-electron chi connectivity index (χ2n) is 6.16. The van der Waals surface area contributed by atoms with Crippen LogP contribution >= 0.6 is 7.37 Å². The summed E-state index contributed by atoms with van der Waals surface area (Å²) in [5.41, 5.74) is 0.745. The lowest BCUT2D eigenvalue weighted by molar-refractivity contribution is -0.197. The van der Waals surface area contributed by atoms with E-state index in [1.54, 1.807) is 55.5 Å². The van der Waals surface area contributed by atoms with E-state index >= 15 is 0 Å². The summed E-state index contributed by atoms with van der Waals surface area (Å²) < 4.78 is 60.7. The molecule has 3 aromatic carbocycles. The van der Waals surface area contributed by atoms with Gasteiger partial charge in [-0.3, -0.25) is 4.57 Å². The van der Waals surface area contributed by atoms with Gasteiger partial charge in [0.05, 0.1) is 0 Å². The highest BCUT2D eigenvalue weighted by molar-refractivity contribution is 7.74. The van der Waals surface area contributed by atoms with Gasteiger partial charge < -0.3 is 4.52 Å². The van der Waals surface area contributed by atoms with Gasteiger partial charge in [0.2, 0.25) is 0 Å². The van der Waals surface area contributed by atoms with Crippen LogP contribution in [0.3, 0.4) is 0 Å². The number of rotatable bonds is 5. The molecule has 3 aromatic rings. The molecule has 27 heavy (non-hydrogen) atoms. The Bertz CT molecular complexity index is 880. The lowest BCUT2D eigenvalue weighted by Crippen LogP contribution is -2.27. The van der Waals surface area contributed by atoms with E-state index in [0.29, 0.717) is 0 Å². The lowest BCUT2D eigenvalue weighted by atomic mass is 10.1. The van der Waals surface area contributed by atoms with Crippen molar-refractivity contribution in [2.75, 3.05) is 0 Å². The highest BCUT2D eigenvalue weighted by Crippen LogP contribution is 2.52. The molecule has 2 nitrogen and oxygen atoms in total. The third-order valence-corrected chi connectivity index (χ3v) is 6.59. The summed E-state index contributed by atoms with van der Waals surface area (Å²) in [5.74, 6) is 0. The fourth-order valence-corrected chi connectivity index (χ4v) is 4.93. The minimum atomic E-state index is -4.71. The summed E-state index contributed by atoms with van der Waals surface area (Å²) in [6.45, 7) is 1.78. The van der Waals surface area contributed by atoms with Gasteiger partial charge in [0.1, 0.15) is 0 Å². The quantitative estimate of drug-likeness (QED) is 0.535. The van der Waals surface area contributed by atoms with E-state index in [1.165, 1.54) is 36.4 Å².